The van der Waals surface area contributed by atoms with Crippen molar-refractivity contribution in [2.45, 2.75) is 18.6 Å². The third-order valence-electron chi connectivity index (χ3n) is 7.35. The van der Waals surface area contributed by atoms with E-state index in [4.69, 9.17) is 30.5 Å². The third-order valence-corrected chi connectivity index (χ3v) is 7.64. The van der Waals surface area contributed by atoms with Crippen molar-refractivity contribution < 1.29 is 28.1 Å². The molecule has 3 fully saturated rings. The Bertz CT molecular complexity index is 1420. The zero-order chi connectivity index (χ0) is 28.2. The maximum atomic E-state index is 13.7. The van der Waals surface area contributed by atoms with Gasteiger partial charge in [-0.1, -0.05) is 17.7 Å². The number of nitrogens with one attached hydrogen (secondary N) is 2. The van der Waals surface area contributed by atoms with Gasteiger partial charge in [0.15, 0.2) is 0 Å². The Kier molecular flexibility index (Phi) is 8.59. The van der Waals surface area contributed by atoms with Crippen LogP contribution in [0, 0.1) is 11.7 Å². The Hall–Kier alpha value is -3.35. The normalized spacial score (nSPS) is 22.7. The molecule has 41 heavy (non-hydrogen) atoms. The van der Waals surface area contributed by atoms with E-state index < -0.39 is 5.82 Å². The standard InChI is InChI=1S/C29H31ClFN5O5/c30-21-10-19(3-4-22(21)31)34-29-20-11-24(25(12-23(20)32-17-33-29)41-16-18-5-7-38-15-18)35-28(37)2-1-6-36-13-26-27(14-36)40-9-8-39-26/h1-4,10-12,17-18,26-27H,5-9,13-16H2,(H,35,37)(H,32,33,34). The van der Waals surface area contributed by atoms with E-state index >= 15 is 0 Å². The Morgan fingerprint density at radius 1 is 1.15 bits per heavy atom. The summed E-state index contributed by atoms with van der Waals surface area (Å²) in [7, 11) is 0. The quantitative estimate of drug-likeness (QED) is 0.359. The summed E-state index contributed by atoms with van der Waals surface area (Å²) in [5, 5.41) is 6.76. The summed E-state index contributed by atoms with van der Waals surface area (Å²) in [5.74, 6) is 0.441. The maximum Gasteiger partial charge on any atom is 0.248 e. The fourth-order valence-corrected chi connectivity index (χ4v) is 5.38. The first-order valence-electron chi connectivity index (χ1n) is 13.7. The lowest BCUT2D eigenvalue weighted by Crippen LogP contribution is -2.36. The molecule has 0 aliphatic carbocycles. The largest absolute Gasteiger partial charge is 0.491 e. The van der Waals surface area contributed by atoms with Crippen LogP contribution in [0.2, 0.25) is 5.02 Å². The Balaban J connectivity index is 1.20. The van der Waals surface area contributed by atoms with Gasteiger partial charge in [0, 0.05) is 55.4 Å². The van der Waals surface area contributed by atoms with Gasteiger partial charge >= 0.3 is 0 Å². The van der Waals surface area contributed by atoms with Crippen LogP contribution in [0.4, 0.5) is 21.6 Å². The van der Waals surface area contributed by atoms with Gasteiger partial charge < -0.3 is 29.6 Å². The van der Waals surface area contributed by atoms with Gasteiger partial charge in [-0.15, -0.1) is 0 Å². The lowest BCUT2D eigenvalue weighted by atomic mass is 10.1. The van der Waals surface area contributed by atoms with Crippen LogP contribution >= 0.6 is 11.6 Å². The summed E-state index contributed by atoms with van der Waals surface area (Å²) in [6, 6.07) is 7.88. The van der Waals surface area contributed by atoms with Gasteiger partial charge in [-0.3, -0.25) is 9.69 Å². The number of carbonyl (C=O) groups excluding carboxylic acids is 1. The molecule has 216 valence electrons. The van der Waals surface area contributed by atoms with Crippen LogP contribution in [0.1, 0.15) is 6.42 Å². The zero-order valence-corrected chi connectivity index (χ0v) is 23.1. The number of hydrogen-bond acceptors (Lipinski definition) is 9. The van der Waals surface area contributed by atoms with E-state index in [-0.39, 0.29) is 29.1 Å². The molecule has 3 aliphatic rings. The molecule has 1 aromatic heterocycles. The number of benzene rings is 2. The number of nitrogens with zero attached hydrogens (tertiary/aromatic N) is 3. The fraction of sp³-hybridized carbons (Fsp3) is 0.414. The second kappa shape index (κ2) is 12.7. The molecular formula is C29H31ClFN5O5. The number of carbonyl (C=O) groups is 1. The molecule has 0 bridgehead atoms. The van der Waals surface area contributed by atoms with Crippen molar-refractivity contribution in [1.29, 1.82) is 0 Å². The van der Waals surface area contributed by atoms with E-state index in [2.05, 4.69) is 25.5 Å². The van der Waals surface area contributed by atoms with Crippen molar-refractivity contribution >= 4 is 45.6 Å². The first-order chi connectivity index (χ1) is 20.0. The molecule has 3 aliphatic heterocycles. The monoisotopic (exact) mass is 583 g/mol. The minimum Gasteiger partial charge on any atom is -0.491 e. The number of ether oxygens (including phenoxy) is 4. The first kappa shape index (κ1) is 27.8. The summed E-state index contributed by atoms with van der Waals surface area (Å²) in [4.78, 5) is 24.0. The highest BCUT2D eigenvalue weighted by molar-refractivity contribution is 6.31. The molecule has 6 rings (SSSR count). The Labute approximate surface area is 241 Å². The topological polar surface area (TPSA) is 107 Å². The SMILES string of the molecule is O=C(C=CCN1CC2OCCOC2C1)Nc1cc2c(Nc3ccc(F)c(Cl)c3)ncnc2cc1OCC1CCOC1. The van der Waals surface area contributed by atoms with E-state index in [9.17, 15) is 9.18 Å². The number of anilines is 3. The highest BCUT2D eigenvalue weighted by Gasteiger charge is 2.35. The van der Waals surface area contributed by atoms with E-state index in [1.807, 2.05) is 6.08 Å². The van der Waals surface area contributed by atoms with Crippen LogP contribution in [0.3, 0.4) is 0 Å². The molecule has 12 heteroatoms. The first-order valence-corrected chi connectivity index (χ1v) is 14.0. The van der Waals surface area contributed by atoms with Crippen molar-refractivity contribution in [3.63, 3.8) is 0 Å². The lowest BCUT2D eigenvalue weighted by molar-refractivity contribution is -0.116. The van der Waals surface area contributed by atoms with Crippen molar-refractivity contribution in [3.8, 4) is 5.75 Å². The predicted molar refractivity (Wildman–Crippen MR) is 152 cm³/mol. The number of likely N-dealkylation sites (tertiary alicyclic amines) is 1. The number of halogens is 2. The van der Waals surface area contributed by atoms with Gasteiger partial charge in [-0.25, -0.2) is 14.4 Å². The summed E-state index contributed by atoms with van der Waals surface area (Å²) in [6.45, 7) is 5.22. The lowest BCUT2D eigenvalue weighted by Gasteiger charge is -2.24. The molecule has 2 N–H and O–H groups in total. The average Bonchev–Trinajstić information content (AvgIpc) is 3.64. The van der Waals surface area contributed by atoms with Crippen LogP contribution in [0.15, 0.2) is 48.8 Å². The molecule has 1 amide bonds. The molecule has 4 heterocycles. The second-order valence-corrected chi connectivity index (χ2v) is 10.7. The molecular weight excluding hydrogens is 553 g/mol. The number of aromatic nitrogens is 2. The van der Waals surface area contributed by atoms with Gasteiger partial charge in [0.2, 0.25) is 5.91 Å². The van der Waals surface area contributed by atoms with Gasteiger partial charge in [-0.05, 0) is 30.7 Å². The minimum absolute atomic E-state index is 0.00701. The number of amides is 1. The fourth-order valence-electron chi connectivity index (χ4n) is 5.20. The minimum atomic E-state index is -0.512. The van der Waals surface area contributed by atoms with Gasteiger partial charge in [0.05, 0.1) is 54.9 Å². The molecule has 3 atom stereocenters. The molecule has 3 saturated heterocycles. The Morgan fingerprint density at radius 2 is 1.98 bits per heavy atom. The van der Waals surface area contributed by atoms with Gasteiger partial charge in [0.1, 0.15) is 23.7 Å². The molecule has 0 spiro atoms. The third kappa shape index (κ3) is 6.77. The zero-order valence-electron chi connectivity index (χ0n) is 22.4. The van der Waals surface area contributed by atoms with E-state index in [1.165, 1.54) is 24.5 Å². The van der Waals surface area contributed by atoms with Crippen LogP contribution < -0.4 is 15.4 Å². The summed E-state index contributed by atoms with van der Waals surface area (Å²) >= 11 is 5.96. The molecule has 3 unspecified atom stereocenters. The molecule has 10 nitrogen and oxygen atoms in total. The average molecular weight is 584 g/mol. The number of fused-ring (bicyclic) bond motifs is 2. The van der Waals surface area contributed by atoms with Crippen molar-refractivity contribution in [3.05, 3.63) is 59.7 Å². The van der Waals surface area contributed by atoms with E-state index in [0.29, 0.717) is 73.4 Å². The smallest absolute Gasteiger partial charge is 0.248 e. The maximum absolute atomic E-state index is 13.7. The van der Waals surface area contributed by atoms with Crippen molar-refractivity contribution in [2.75, 3.05) is 63.3 Å². The number of hydrogen-bond donors (Lipinski definition) is 2. The second-order valence-electron chi connectivity index (χ2n) is 10.3. The van der Waals surface area contributed by atoms with Crippen molar-refractivity contribution in [2.24, 2.45) is 5.92 Å². The summed E-state index contributed by atoms with van der Waals surface area (Å²) < 4.78 is 36.9. The molecule has 0 saturated carbocycles. The van der Waals surface area contributed by atoms with Gasteiger partial charge in [0.25, 0.3) is 0 Å². The number of rotatable bonds is 9. The molecule has 3 aromatic rings. The van der Waals surface area contributed by atoms with Crippen LogP contribution in [-0.2, 0) is 19.0 Å². The predicted octanol–water partition coefficient (Wildman–Crippen LogP) is 4.18. The highest BCUT2D eigenvalue weighted by atomic mass is 35.5. The van der Waals surface area contributed by atoms with Gasteiger partial charge in [-0.2, -0.15) is 0 Å². The van der Waals surface area contributed by atoms with E-state index in [0.717, 1.165) is 19.5 Å². The van der Waals surface area contributed by atoms with Crippen LogP contribution in [0.25, 0.3) is 10.9 Å². The molecule has 0 radical (unpaired) electrons. The summed E-state index contributed by atoms with van der Waals surface area (Å²) in [5.41, 5.74) is 1.65. The summed E-state index contributed by atoms with van der Waals surface area (Å²) in [6.07, 6.45) is 5.87. The Morgan fingerprint density at radius 3 is 2.73 bits per heavy atom. The van der Waals surface area contributed by atoms with Crippen LogP contribution in [-0.4, -0.2) is 85.7 Å². The van der Waals surface area contributed by atoms with Crippen molar-refractivity contribution in [1.82, 2.24) is 14.9 Å². The van der Waals surface area contributed by atoms with Crippen LogP contribution in [0.5, 0.6) is 5.75 Å². The van der Waals surface area contributed by atoms with E-state index in [1.54, 1.807) is 18.2 Å². The molecule has 2 aromatic carbocycles. The highest BCUT2D eigenvalue weighted by Crippen LogP contribution is 2.34.